The van der Waals surface area contributed by atoms with Crippen LogP contribution in [-0.4, -0.2) is 9.97 Å². The van der Waals surface area contributed by atoms with E-state index in [4.69, 9.17) is 11.6 Å². The molecule has 2 aromatic rings. The van der Waals surface area contributed by atoms with E-state index in [1.54, 1.807) is 12.3 Å². The molecule has 1 aromatic carbocycles. The van der Waals surface area contributed by atoms with Crippen LogP contribution in [-0.2, 0) is 0 Å². The lowest BCUT2D eigenvalue weighted by Crippen LogP contribution is -1.87. The summed E-state index contributed by atoms with van der Waals surface area (Å²) in [6.07, 6.45) is 3.03. The average molecular weight is 276 g/mol. The summed E-state index contributed by atoms with van der Waals surface area (Å²) in [6.45, 7) is 0. The Morgan fingerprint density at radius 1 is 1.43 bits per heavy atom. The molecule has 0 aliphatic rings. The van der Waals surface area contributed by atoms with Crippen LogP contribution in [0.4, 0.5) is 4.39 Å². The van der Waals surface area contributed by atoms with Gasteiger partial charge < -0.3 is 4.98 Å². The van der Waals surface area contributed by atoms with Crippen LogP contribution in [0.1, 0.15) is 0 Å². The second-order valence-corrected chi connectivity index (χ2v) is 3.95. The first kappa shape index (κ1) is 9.68. The standard InChI is InChI=1S/C9H5BrClFN2/c10-5-1-2-6(11)9(12)8(5)7-3-13-4-14-7/h1-4H,(H,13,14). The quantitative estimate of drug-likeness (QED) is 0.791. The predicted octanol–water partition coefficient (Wildman–Crippen LogP) is 3.63. The molecule has 0 atom stereocenters. The molecule has 72 valence electrons. The highest BCUT2D eigenvalue weighted by atomic mass is 79.9. The Balaban J connectivity index is 2.69. The Kier molecular flexibility index (Phi) is 2.56. The van der Waals surface area contributed by atoms with Crippen molar-refractivity contribution in [3.05, 3.63) is 40.0 Å². The first-order valence-electron chi connectivity index (χ1n) is 3.82. The van der Waals surface area contributed by atoms with E-state index in [1.807, 2.05) is 0 Å². The van der Waals surface area contributed by atoms with Gasteiger partial charge in [0.05, 0.1) is 28.8 Å². The third-order valence-corrected chi connectivity index (χ3v) is 2.76. The van der Waals surface area contributed by atoms with Crippen molar-refractivity contribution in [2.24, 2.45) is 0 Å². The van der Waals surface area contributed by atoms with Crippen molar-refractivity contribution in [3.63, 3.8) is 0 Å². The van der Waals surface area contributed by atoms with E-state index in [2.05, 4.69) is 25.9 Å². The van der Waals surface area contributed by atoms with E-state index in [-0.39, 0.29) is 5.02 Å². The number of aromatic amines is 1. The van der Waals surface area contributed by atoms with Gasteiger partial charge in [-0.1, -0.05) is 11.6 Å². The van der Waals surface area contributed by atoms with Crippen LogP contribution < -0.4 is 0 Å². The van der Waals surface area contributed by atoms with Gasteiger partial charge >= 0.3 is 0 Å². The van der Waals surface area contributed by atoms with Crippen LogP contribution in [0.3, 0.4) is 0 Å². The van der Waals surface area contributed by atoms with Gasteiger partial charge in [-0.15, -0.1) is 0 Å². The minimum absolute atomic E-state index is 0.0952. The normalized spacial score (nSPS) is 10.5. The molecule has 2 rings (SSSR count). The number of nitrogens with one attached hydrogen (secondary N) is 1. The van der Waals surface area contributed by atoms with E-state index in [0.717, 1.165) is 0 Å². The molecule has 0 spiro atoms. The zero-order chi connectivity index (χ0) is 10.1. The van der Waals surface area contributed by atoms with Crippen molar-refractivity contribution in [1.82, 2.24) is 9.97 Å². The zero-order valence-corrected chi connectivity index (χ0v) is 9.23. The van der Waals surface area contributed by atoms with Crippen LogP contribution in [0.25, 0.3) is 11.3 Å². The zero-order valence-electron chi connectivity index (χ0n) is 6.89. The summed E-state index contributed by atoms with van der Waals surface area (Å²) in [7, 11) is 0. The molecule has 1 N–H and O–H groups in total. The highest BCUT2D eigenvalue weighted by molar-refractivity contribution is 9.10. The fourth-order valence-electron chi connectivity index (χ4n) is 1.17. The number of benzene rings is 1. The molecule has 0 aliphatic carbocycles. The SMILES string of the molecule is Fc1c(Cl)ccc(Br)c1-c1cnc[nH]1. The van der Waals surface area contributed by atoms with Crippen molar-refractivity contribution in [1.29, 1.82) is 0 Å². The van der Waals surface area contributed by atoms with Crippen molar-refractivity contribution in [2.45, 2.75) is 0 Å². The maximum absolute atomic E-state index is 13.6. The molecule has 0 aliphatic heterocycles. The van der Waals surface area contributed by atoms with E-state index < -0.39 is 5.82 Å². The number of rotatable bonds is 1. The van der Waals surface area contributed by atoms with E-state index in [9.17, 15) is 4.39 Å². The van der Waals surface area contributed by atoms with E-state index >= 15 is 0 Å². The van der Waals surface area contributed by atoms with Crippen LogP contribution in [0.15, 0.2) is 29.1 Å². The van der Waals surface area contributed by atoms with Crippen molar-refractivity contribution in [3.8, 4) is 11.3 Å². The molecule has 2 nitrogen and oxygen atoms in total. The second-order valence-electron chi connectivity index (χ2n) is 2.68. The summed E-state index contributed by atoms with van der Waals surface area (Å²) in [5.74, 6) is -0.453. The molecule has 1 heterocycles. The molecule has 0 fully saturated rings. The Labute approximate surface area is 93.3 Å². The average Bonchev–Trinajstić information content (AvgIpc) is 2.65. The number of nitrogens with zero attached hydrogens (tertiary/aromatic N) is 1. The Bertz CT molecular complexity index is 456. The number of hydrogen-bond donors (Lipinski definition) is 1. The smallest absolute Gasteiger partial charge is 0.152 e. The van der Waals surface area contributed by atoms with E-state index in [1.165, 1.54) is 12.4 Å². The summed E-state index contributed by atoms with van der Waals surface area (Å²) in [6, 6.07) is 3.20. The highest BCUT2D eigenvalue weighted by Gasteiger charge is 2.13. The maximum atomic E-state index is 13.6. The molecule has 0 bridgehead atoms. The first-order chi connectivity index (χ1) is 6.70. The molecule has 0 radical (unpaired) electrons. The van der Waals surface area contributed by atoms with Gasteiger partial charge in [-0.3, -0.25) is 0 Å². The van der Waals surface area contributed by atoms with Gasteiger partial charge in [-0.2, -0.15) is 0 Å². The number of halogens is 3. The molecule has 0 saturated carbocycles. The largest absolute Gasteiger partial charge is 0.345 e. The summed E-state index contributed by atoms with van der Waals surface area (Å²) >= 11 is 8.93. The monoisotopic (exact) mass is 274 g/mol. The molecule has 0 unspecified atom stereocenters. The molecular formula is C9H5BrClFN2. The summed E-state index contributed by atoms with van der Waals surface area (Å²) in [4.78, 5) is 6.65. The number of imidazole rings is 1. The molecule has 0 saturated heterocycles. The van der Waals surface area contributed by atoms with Crippen molar-refractivity contribution in [2.75, 3.05) is 0 Å². The molecular weight excluding hydrogens is 270 g/mol. The van der Waals surface area contributed by atoms with Gasteiger partial charge in [0.25, 0.3) is 0 Å². The number of hydrogen-bond acceptors (Lipinski definition) is 1. The Hall–Kier alpha value is -0.870. The third-order valence-electron chi connectivity index (χ3n) is 1.81. The molecule has 5 heteroatoms. The fourth-order valence-corrected chi connectivity index (χ4v) is 1.84. The minimum atomic E-state index is -0.453. The van der Waals surface area contributed by atoms with Crippen LogP contribution in [0, 0.1) is 5.82 Å². The Morgan fingerprint density at radius 2 is 2.21 bits per heavy atom. The summed E-state index contributed by atoms with van der Waals surface area (Å²) < 4.78 is 14.3. The Morgan fingerprint density at radius 3 is 2.86 bits per heavy atom. The number of H-pyrrole nitrogens is 1. The molecule has 0 amide bonds. The lowest BCUT2D eigenvalue weighted by atomic mass is 10.1. The van der Waals surface area contributed by atoms with Gasteiger partial charge in [0.2, 0.25) is 0 Å². The summed E-state index contributed by atoms with van der Waals surface area (Å²) in [5.41, 5.74) is 0.992. The van der Waals surface area contributed by atoms with Crippen molar-refractivity contribution >= 4 is 27.5 Å². The lowest BCUT2D eigenvalue weighted by Gasteiger charge is -2.04. The fraction of sp³-hybridized carbons (Fsp3) is 0. The van der Waals surface area contributed by atoms with Gasteiger partial charge in [-0.25, -0.2) is 9.37 Å². The number of aromatic nitrogens is 2. The molecule has 1 aromatic heterocycles. The van der Waals surface area contributed by atoms with Crippen LogP contribution >= 0.6 is 27.5 Å². The van der Waals surface area contributed by atoms with Gasteiger partial charge in [-0.05, 0) is 28.1 Å². The van der Waals surface area contributed by atoms with Gasteiger partial charge in [0, 0.05) is 4.47 Å². The van der Waals surface area contributed by atoms with Crippen LogP contribution in [0.2, 0.25) is 5.02 Å². The topological polar surface area (TPSA) is 28.7 Å². The third kappa shape index (κ3) is 1.55. The van der Waals surface area contributed by atoms with Crippen molar-refractivity contribution < 1.29 is 4.39 Å². The maximum Gasteiger partial charge on any atom is 0.152 e. The van der Waals surface area contributed by atoms with Gasteiger partial charge in [0.1, 0.15) is 0 Å². The van der Waals surface area contributed by atoms with Gasteiger partial charge in [0.15, 0.2) is 5.82 Å². The first-order valence-corrected chi connectivity index (χ1v) is 4.99. The summed E-state index contributed by atoms with van der Waals surface area (Å²) in [5, 5.41) is 0.0952. The van der Waals surface area contributed by atoms with E-state index in [0.29, 0.717) is 15.7 Å². The lowest BCUT2D eigenvalue weighted by molar-refractivity contribution is 0.630. The second kappa shape index (κ2) is 3.71. The van der Waals surface area contributed by atoms with Crippen LogP contribution in [0.5, 0.6) is 0 Å². The highest BCUT2D eigenvalue weighted by Crippen LogP contribution is 2.32. The predicted molar refractivity (Wildman–Crippen MR) is 56.7 cm³/mol. The minimum Gasteiger partial charge on any atom is -0.345 e. The molecule has 14 heavy (non-hydrogen) atoms.